The van der Waals surface area contributed by atoms with Crippen LogP contribution in [0.3, 0.4) is 0 Å². The smallest absolute Gasteiger partial charge is 0.234 e. The molecule has 1 aromatic carbocycles. The van der Waals surface area contributed by atoms with Crippen LogP contribution in [0.5, 0.6) is 5.75 Å². The molecule has 25 heavy (non-hydrogen) atoms. The lowest BCUT2D eigenvalue weighted by molar-refractivity contribution is -0.113. The van der Waals surface area contributed by atoms with Gasteiger partial charge in [0.15, 0.2) is 5.16 Å². The number of benzene rings is 1. The number of ether oxygens (including phenoxy) is 1. The van der Waals surface area contributed by atoms with E-state index >= 15 is 0 Å². The highest BCUT2D eigenvalue weighted by Gasteiger charge is 2.14. The first-order valence-corrected chi connectivity index (χ1v) is 9.36. The Morgan fingerprint density at radius 3 is 2.88 bits per heavy atom. The molecule has 0 atom stereocenters. The van der Waals surface area contributed by atoms with Crippen molar-refractivity contribution < 1.29 is 9.53 Å². The van der Waals surface area contributed by atoms with Gasteiger partial charge in [0.05, 0.1) is 17.9 Å². The number of hydrogen-bond acceptors (Lipinski definition) is 6. The number of carbonyl (C=O) groups excluding carboxylic acids is 1. The number of hydrogen-bond donors (Lipinski definition) is 1. The number of rotatable bonds is 6. The van der Waals surface area contributed by atoms with E-state index in [4.69, 9.17) is 16.3 Å². The minimum absolute atomic E-state index is 0.138. The van der Waals surface area contributed by atoms with Crippen molar-refractivity contribution in [1.82, 2.24) is 9.97 Å². The fourth-order valence-corrected chi connectivity index (χ4v) is 3.48. The Balaban J connectivity index is 1.55. The quantitative estimate of drug-likeness (QED) is 0.613. The standard InChI is InChI=1S/C17H19ClN4O2S/c1-24-14-5-4-12(10-13(14)18)20-16(23)11-25-17-19-7-6-15(21-17)22-8-2-3-9-22/h4-7,10H,2-3,8-9,11H2,1H3,(H,20,23). The Hall–Kier alpha value is -1.99. The molecule has 1 fully saturated rings. The van der Waals surface area contributed by atoms with E-state index in [1.807, 2.05) is 6.07 Å². The van der Waals surface area contributed by atoms with Gasteiger partial charge in [0.25, 0.3) is 0 Å². The molecule has 1 aromatic heterocycles. The molecule has 8 heteroatoms. The molecule has 1 aliphatic rings. The van der Waals surface area contributed by atoms with Crippen LogP contribution in [0.1, 0.15) is 12.8 Å². The molecule has 0 bridgehead atoms. The molecule has 0 radical (unpaired) electrons. The molecule has 0 aliphatic carbocycles. The molecule has 0 saturated carbocycles. The molecule has 0 unspecified atom stereocenters. The zero-order valence-corrected chi connectivity index (χ0v) is 15.4. The van der Waals surface area contributed by atoms with Gasteiger partial charge < -0.3 is 15.0 Å². The third-order valence-electron chi connectivity index (χ3n) is 3.82. The van der Waals surface area contributed by atoms with E-state index in [0.29, 0.717) is 21.6 Å². The molecule has 3 rings (SSSR count). The molecule has 2 aromatic rings. The fourth-order valence-electron chi connectivity index (χ4n) is 2.60. The zero-order chi connectivity index (χ0) is 17.6. The van der Waals surface area contributed by atoms with Crippen LogP contribution in [-0.4, -0.2) is 41.8 Å². The number of halogens is 1. The van der Waals surface area contributed by atoms with Crippen LogP contribution in [0.2, 0.25) is 5.02 Å². The van der Waals surface area contributed by atoms with Gasteiger partial charge in [0.2, 0.25) is 5.91 Å². The Labute approximate surface area is 155 Å². The molecule has 6 nitrogen and oxygen atoms in total. The Kier molecular flexibility index (Phi) is 5.99. The molecule has 1 saturated heterocycles. The molecule has 0 spiro atoms. The van der Waals surface area contributed by atoms with Crippen molar-refractivity contribution >= 4 is 40.8 Å². The third kappa shape index (κ3) is 4.76. The minimum atomic E-state index is -0.138. The molecule has 1 N–H and O–H groups in total. The number of thioether (sulfide) groups is 1. The number of nitrogens with zero attached hydrogens (tertiary/aromatic N) is 3. The topological polar surface area (TPSA) is 67.3 Å². The highest BCUT2D eigenvalue weighted by molar-refractivity contribution is 7.99. The van der Waals surface area contributed by atoms with Gasteiger partial charge in [-0.25, -0.2) is 9.97 Å². The number of carbonyl (C=O) groups is 1. The largest absolute Gasteiger partial charge is 0.495 e. The summed E-state index contributed by atoms with van der Waals surface area (Å²) in [7, 11) is 1.55. The third-order valence-corrected chi connectivity index (χ3v) is 4.97. The maximum Gasteiger partial charge on any atom is 0.234 e. The summed E-state index contributed by atoms with van der Waals surface area (Å²) in [6.07, 6.45) is 4.13. The normalized spacial score (nSPS) is 13.8. The average Bonchev–Trinajstić information content (AvgIpc) is 3.15. The van der Waals surface area contributed by atoms with Crippen molar-refractivity contribution in [2.45, 2.75) is 18.0 Å². The van der Waals surface area contributed by atoms with Crippen molar-refractivity contribution in [3.8, 4) is 5.75 Å². The second-order valence-corrected chi connectivity index (χ2v) is 6.93. The number of amides is 1. The van der Waals surface area contributed by atoms with Gasteiger partial charge in [-0.3, -0.25) is 4.79 Å². The number of methoxy groups -OCH3 is 1. The van der Waals surface area contributed by atoms with E-state index < -0.39 is 0 Å². The monoisotopic (exact) mass is 378 g/mol. The van der Waals surface area contributed by atoms with Gasteiger partial charge in [-0.2, -0.15) is 0 Å². The highest BCUT2D eigenvalue weighted by atomic mass is 35.5. The van der Waals surface area contributed by atoms with E-state index in [1.165, 1.54) is 24.6 Å². The van der Waals surface area contributed by atoms with Crippen LogP contribution in [0.15, 0.2) is 35.6 Å². The van der Waals surface area contributed by atoms with Gasteiger partial charge in [-0.1, -0.05) is 23.4 Å². The van der Waals surface area contributed by atoms with Crippen LogP contribution < -0.4 is 15.0 Å². The van der Waals surface area contributed by atoms with E-state index in [9.17, 15) is 4.79 Å². The molecule has 1 amide bonds. The van der Waals surface area contributed by atoms with Gasteiger partial charge >= 0.3 is 0 Å². The number of aromatic nitrogens is 2. The summed E-state index contributed by atoms with van der Waals surface area (Å²) in [5, 5.41) is 3.87. The van der Waals surface area contributed by atoms with Crippen molar-refractivity contribution in [3.05, 3.63) is 35.5 Å². The fraction of sp³-hybridized carbons (Fsp3) is 0.353. The summed E-state index contributed by atoms with van der Waals surface area (Å²) in [5.74, 6) is 1.59. The summed E-state index contributed by atoms with van der Waals surface area (Å²) in [6, 6.07) is 7.04. The van der Waals surface area contributed by atoms with Gasteiger partial charge in [0.1, 0.15) is 11.6 Å². The molecule has 2 heterocycles. The van der Waals surface area contributed by atoms with Gasteiger partial charge in [-0.05, 0) is 37.1 Å². The summed E-state index contributed by atoms with van der Waals surface area (Å²) >= 11 is 7.37. The van der Waals surface area contributed by atoms with Gasteiger partial charge in [-0.15, -0.1) is 0 Å². The summed E-state index contributed by atoms with van der Waals surface area (Å²) in [4.78, 5) is 23.1. The Morgan fingerprint density at radius 2 is 2.16 bits per heavy atom. The van der Waals surface area contributed by atoms with Crippen molar-refractivity contribution in [2.75, 3.05) is 36.2 Å². The first kappa shape index (κ1) is 17.8. The van der Waals surface area contributed by atoms with Crippen molar-refractivity contribution in [3.63, 3.8) is 0 Å². The lowest BCUT2D eigenvalue weighted by Crippen LogP contribution is -2.19. The van der Waals surface area contributed by atoms with E-state index in [-0.39, 0.29) is 11.7 Å². The van der Waals surface area contributed by atoms with E-state index in [1.54, 1.807) is 31.5 Å². The predicted octanol–water partition coefficient (Wildman–Crippen LogP) is 3.47. The lowest BCUT2D eigenvalue weighted by atomic mass is 10.3. The average molecular weight is 379 g/mol. The number of nitrogens with one attached hydrogen (secondary N) is 1. The van der Waals surface area contributed by atoms with Crippen LogP contribution >= 0.6 is 23.4 Å². The SMILES string of the molecule is COc1ccc(NC(=O)CSc2nccc(N3CCCC3)n2)cc1Cl. The zero-order valence-electron chi connectivity index (χ0n) is 13.9. The second-order valence-electron chi connectivity index (χ2n) is 5.58. The molecular weight excluding hydrogens is 360 g/mol. The summed E-state index contributed by atoms with van der Waals surface area (Å²) in [5.41, 5.74) is 0.628. The Bertz CT molecular complexity index is 753. The molecular formula is C17H19ClN4O2S. The number of anilines is 2. The summed E-state index contributed by atoms with van der Waals surface area (Å²) < 4.78 is 5.09. The van der Waals surface area contributed by atoms with Crippen LogP contribution in [0.4, 0.5) is 11.5 Å². The van der Waals surface area contributed by atoms with E-state index in [2.05, 4.69) is 20.2 Å². The molecule has 1 aliphatic heterocycles. The second kappa shape index (κ2) is 8.40. The molecule has 132 valence electrons. The first-order chi connectivity index (χ1) is 12.2. The van der Waals surface area contributed by atoms with Gasteiger partial charge in [0, 0.05) is 25.0 Å². The van der Waals surface area contributed by atoms with Crippen molar-refractivity contribution in [2.24, 2.45) is 0 Å². The predicted molar refractivity (Wildman–Crippen MR) is 101 cm³/mol. The first-order valence-electron chi connectivity index (χ1n) is 8.00. The van der Waals surface area contributed by atoms with Crippen LogP contribution in [-0.2, 0) is 4.79 Å². The lowest BCUT2D eigenvalue weighted by Gasteiger charge is -2.16. The minimum Gasteiger partial charge on any atom is -0.495 e. The van der Waals surface area contributed by atoms with Crippen molar-refractivity contribution in [1.29, 1.82) is 0 Å². The van der Waals surface area contributed by atoms with Crippen LogP contribution in [0, 0.1) is 0 Å². The maximum atomic E-state index is 12.1. The van der Waals surface area contributed by atoms with Crippen LogP contribution in [0.25, 0.3) is 0 Å². The maximum absolute atomic E-state index is 12.1. The van der Waals surface area contributed by atoms with E-state index in [0.717, 1.165) is 18.9 Å². The summed E-state index contributed by atoms with van der Waals surface area (Å²) in [6.45, 7) is 2.06. The highest BCUT2D eigenvalue weighted by Crippen LogP contribution is 2.27. The Morgan fingerprint density at radius 1 is 1.36 bits per heavy atom.